The van der Waals surface area contributed by atoms with E-state index in [1.807, 2.05) is 0 Å². The maximum Gasteiger partial charge on any atom is 0.312 e. The van der Waals surface area contributed by atoms with Gasteiger partial charge < -0.3 is 4.74 Å². The molecule has 0 amide bonds. The van der Waals surface area contributed by atoms with Crippen molar-refractivity contribution < 1.29 is 18.1 Å². The van der Waals surface area contributed by atoms with Gasteiger partial charge in [-0.15, -0.1) is 0 Å². The number of nitrogens with one attached hydrogen (secondary N) is 1. The van der Waals surface area contributed by atoms with E-state index in [4.69, 9.17) is 27.9 Å². The van der Waals surface area contributed by atoms with Crippen molar-refractivity contribution in [3.63, 3.8) is 0 Å². The Morgan fingerprint density at radius 2 is 1.84 bits per heavy atom. The molecule has 0 aliphatic carbocycles. The first-order valence-electron chi connectivity index (χ1n) is 6.95. The minimum Gasteiger partial charge on any atom is -0.490 e. The van der Waals surface area contributed by atoms with Gasteiger partial charge in [-0.1, -0.05) is 29.3 Å². The maximum absolute atomic E-state index is 12.5. The van der Waals surface area contributed by atoms with Crippen molar-refractivity contribution in [3.05, 3.63) is 62.1 Å². The van der Waals surface area contributed by atoms with Crippen molar-refractivity contribution in [2.24, 2.45) is 0 Å². The summed E-state index contributed by atoms with van der Waals surface area (Å²) >= 11 is 11.8. The highest BCUT2D eigenvalue weighted by Crippen LogP contribution is 2.30. The zero-order chi connectivity index (χ0) is 18.8. The fraction of sp³-hybridized carbons (Fsp3) is 0.200. The molecule has 1 atom stereocenters. The van der Waals surface area contributed by atoms with Crippen LogP contribution in [-0.4, -0.2) is 20.5 Å². The summed E-state index contributed by atoms with van der Waals surface area (Å²) in [5.74, 6) is -0.0264. The summed E-state index contributed by atoms with van der Waals surface area (Å²) in [4.78, 5) is 10.1. The van der Waals surface area contributed by atoms with Crippen LogP contribution in [0.2, 0.25) is 10.0 Å². The van der Waals surface area contributed by atoms with E-state index >= 15 is 0 Å². The predicted octanol–water partition coefficient (Wildman–Crippen LogP) is 3.95. The van der Waals surface area contributed by atoms with E-state index in [-0.39, 0.29) is 10.6 Å². The molecule has 2 rings (SSSR count). The zero-order valence-corrected chi connectivity index (χ0v) is 15.5. The molecule has 10 heteroatoms. The van der Waals surface area contributed by atoms with E-state index in [1.165, 1.54) is 19.2 Å². The number of rotatable bonds is 6. The molecule has 134 valence electrons. The summed E-state index contributed by atoms with van der Waals surface area (Å²) in [6.07, 6.45) is 0. The van der Waals surface area contributed by atoms with Gasteiger partial charge in [0, 0.05) is 12.1 Å². The average molecular weight is 405 g/mol. The molecule has 0 saturated heterocycles. The van der Waals surface area contributed by atoms with Gasteiger partial charge in [0.2, 0.25) is 10.0 Å². The third kappa shape index (κ3) is 4.40. The van der Waals surface area contributed by atoms with E-state index in [2.05, 4.69) is 4.72 Å². The Bertz CT molecular complexity index is 918. The molecule has 0 aromatic heterocycles. The second kappa shape index (κ2) is 7.57. The lowest BCUT2D eigenvalue weighted by molar-refractivity contribution is -0.386. The van der Waals surface area contributed by atoms with Gasteiger partial charge in [-0.3, -0.25) is 10.1 Å². The Kier molecular flexibility index (Phi) is 5.89. The maximum atomic E-state index is 12.5. The van der Waals surface area contributed by atoms with E-state index < -0.39 is 26.7 Å². The van der Waals surface area contributed by atoms with Crippen LogP contribution in [0.25, 0.3) is 0 Å². The van der Waals surface area contributed by atoms with Crippen LogP contribution in [0.1, 0.15) is 18.5 Å². The van der Waals surface area contributed by atoms with Crippen LogP contribution in [0.5, 0.6) is 5.75 Å². The Morgan fingerprint density at radius 3 is 2.40 bits per heavy atom. The average Bonchev–Trinajstić information content (AvgIpc) is 2.56. The largest absolute Gasteiger partial charge is 0.490 e. The molecule has 0 aliphatic rings. The van der Waals surface area contributed by atoms with Crippen LogP contribution in [0, 0.1) is 10.1 Å². The predicted molar refractivity (Wildman–Crippen MR) is 94.8 cm³/mol. The van der Waals surface area contributed by atoms with Crippen molar-refractivity contribution in [1.82, 2.24) is 4.72 Å². The standard InChI is InChI=1S/C15H14Cl2N2O5S/c1-9(10-3-5-12(16)13(17)7-10)18-25(22,23)11-4-6-15(24-2)14(8-11)19(20)21/h3-9,18H,1-2H3. The van der Waals surface area contributed by atoms with Crippen LogP contribution >= 0.6 is 23.2 Å². The third-order valence-corrected chi connectivity index (χ3v) is 5.71. The molecule has 0 bridgehead atoms. The van der Waals surface area contributed by atoms with Crippen molar-refractivity contribution >= 4 is 38.9 Å². The van der Waals surface area contributed by atoms with Crippen LogP contribution in [0.4, 0.5) is 5.69 Å². The minimum absolute atomic E-state index is 0.0264. The van der Waals surface area contributed by atoms with Crippen molar-refractivity contribution in [1.29, 1.82) is 0 Å². The number of nitro groups is 1. The highest BCUT2D eigenvalue weighted by atomic mass is 35.5. The second-order valence-corrected chi connectivity index (χ2v) is 7.64. The number of ether oxygens (including phenoxy) is 1. The fourth-order valence-corrected chi connectivity index (χ4v) is 3.69. The first-order valence-corrected chi connectivity index (χ1v) is 9.19. The third-order valence-electron chi connectivity index (χ3n) is 3.43. The molecule has 0 fully saturated rings. The van der Waals surface area contributed by atoms with Gasteiger partial charge in [-0.05, 0) is 36.8 Å². The van der Waals surface area contributed by atoms with Crippen LogP contribution in [0.3, 0.4) is 0 Å². The summed E-state index contributed by atoms with van der Waals surface area (Å²) in [5, 5.41) is 11.7. The van der Waals surface area contributed by atoms with Crippen LogP contribution in [-0.2, 0) is 10.0 Å². The number of hydrogen-bond acceptors (Lipinski definition) is 5. The normalized spacial score (nSPS) is 12.6. The monoisotopic (exact) mass is 404 g/mol. The molecule has 2 aromatic rings. The van der Waals surface area contributed by atoms with Crippen molar-refractivity contribution in [3.8, 4) is 5.75 Å². The molecule has 7 nitrogen and oxygen atoms in total. The van der Waals surface area contributed by atoms with E-state index in [0.29, 0.717) is 15.6 Å². The summed E-state index contributed by atoms with van der Waals surface area (Å²) in [5.41, 5.74) is 0.161. The molecular formula is C15H14Cl2N2O5S. The number of sulfonamides is 1. The molecule has 1 N–H and O–H groups in total. The minimum atomic E-state index is -4.00. The Hall–Kier alpha value is -1.87. The van der Waals surface area contributed by atoms with Crippen LogP contribution in [0.15, 0.2) is 41.3 Å². The van der Waals surface area contributed by atoms with Crippen molar-refractivity contribution in [2.75, 3.05) is 7.11 Å². The molecule has 1 unspecified atom stereocenters. The van der Waals surface area contributed by atoms with Crippen molar-refractivity contribution in [2.45, 2.75) is 17.9 Å². The lowest BCUT2D eigenvalue weighted by Crippen LogP contribution is -2.27. The zero-order valence-electron chi connectivity index (χ0n) is 13.2. The quantitative estimate of drug-likeness (QED) is 0.580. The van der Waals surface area contributed by atoms with Gasteiger partial charge in [-0.2, -0.15) is 0 Å². The lowest BCUT2D eigenvalue weighted by atomic mass is 10.1. The van der Waals surface area contributed by atoms with Gasteiger partial charge in [0.05, 0.1) is 27.0 Å². The molecular weight excluding hydrogens is 391 g/mol. The summed E-state index contributed by atoms with van der Waals surface area (Å²) in [7, 11) is -2.73. The second-order valence-electron chi connectivity index (χ2n) is 5.11. The van der Waals surface area contributed by atoms with E-state index in [0.717, 1.165) is 6.07 Å². The summed E-state index contributed by atoms with van der Waals surface area (Å²) < 4.78 is 32.3. The first-order chi connectivity index (χ1) is 11.7. The summed E-state index contributed by atoms with van der Waals surface area (Å²) in [6.45, 7) is 1.62. The smallest absolute Gasteiger partial charge is 0.312 e. The molecule has 0 heterocycles. The Morgan fingerprint density at radius 1 is 1.16 bits per heavy atom. The molecule has 0 saturated carbocycles. The summed E-state index contributed by atoms with van der Waals surface area (Å²) in [6, 6.07) is 7.53. The van der Waals surface area contributed by atoms with E-state index in [9.17, 15) is 18.5 Å². The molecule has 0 aliphatic heterocycles. The van der Waals surface area contributed by atoms with Gasteiger partial charge in [0.15, 0.2) is 5.75 Å². The molecule has 2 aromatic carbocycles. The SMILES string of the molecule is COc1ccc(S(=O)(=O)NC(C)c2ccc(Cl)c(Cl)c2)cc1[N+](=O)[O-]. The van der Waals surface area contributed by atoms with Gasteiger partial charge in [0.1, 0.15) is 0 Å². The van der Waals surface area contributed by atoms with Gasteiger partial charge >= 0.3 is 5.69 Å². The Balaban J connectivity index is 2.33. The highest BCUT2D eigenvalue weighted by Gasteiger charge is 2.24. The number of nitrogens with zero attached hydrogens (tertiary/aromatic N) is 1. The van der Waals surface area contributed by atoms with Crippen LogP contribution < -0.4 is 9.46 Å². The molecule has 25 heavy (non-hydrogen) atoms. The number of hydrogen-bond donors (Lipinski definition) is 1. The van der Waals surface area contributed by atoms with Gasteiger partial charge in [-0.25, -0.2) is 13.1 Å². The topological polar surface area (TPSA) is 98.5 Å². The number of methoxy groups -OCH3 is 1. The number of benzene rings is 2. The highest BCUT2D eigenvalue weighted by molar-refractivity contribution is 7.89. The fourth-order valence-electron chi connectivity index (χ4n) is 2.13. The molecule has 0 radical (unpaired) electrons. The Labute approximate surface area is 154 Å². The van der Waals surface area contributed by atoms with E-state index in [1.54, 1.807) is 25.1 Å². The number of halogens is 2. The first kappa shape index (κ1) is 19.5. The lowest BCUT2D eigenvalue weighted by Gasteiger charge is -2.15. The van der Waals surface area contributed by atoms with Gasteiger partial charge in [0.25, 0.3) is 0 Å². The molecule has 0 spiro atoms. The number of nitro benzene ring substituents is 1.